The van der Waals surface area contributed by atoms with E-state index in [0.717, 1.165) is 24.1 Å². The van der Waals surface area contributed by atoms with Gasteiger partial charge in [0.2, 0.25) is 0 Å². The lowest BCUT2D eigenvalue weighted by molar-refractivity contribution is 0.291. The molecule has 2 N–H and O–H groups in total. The van der Waals surface area contributed by atoms with Crippen LogP contribution < -0.4 is 0 Å². The third-order valence-corrected chi connectivity index (χ3v) is 4.43. The zero-order chi connectivity index (χ0) is 16.4. The van der Waals surface area contributed by atoms with Gasteiger partial charge in [0, 0.05) is 47.3 Å². The van der Waals surface area contributed by atoms with Crippen LogP contribution in [0.5, 0.6) is 0 Å². The maximum Gasteiger partial charge on any atom is 0.0871 e. The van der Waals surface area contributed by atoms with E-state index < -0.39 is 0 Å². The van der Waals surface area contributed by atoms with E-state index in [2.05, 4.69) is 45.2 Å². The first-order chi connectivity index (χ1) is 11.8. The molecule has 0 aliphatic rings. The van der Waals surface area contributed by atoms with Crippen molar-refractivity contribution in [2.75, 3.05) is 6.54 Å². The molecule has 0 aliphatic carbocycles. The molecule has 4 aromatic rings. The van der Waals surface area contributed by atoms with Gasteiger partial charge in [-0.2, -0.15) is 5.26 Å². The Morgan fingerprint density at radius 2 is 1.29 bits per heavy atom. The fourth-order valence-corrected chi connectivity index (χ4v) is 3.27. The largest absolute Gasteiger partial charge is 0.361 e. The average molecular weight is 314 g/mol. The number of aromatic nitrogens is 2. The SMILES string of the molecule is N#CCN(Cc1c[nH]c2ccccc12)Cc1c[nH]c2ccccc12. The lowest BCUT2D eigenvalue weighted by Gasteiger charge is -2.18. The molecule has 0 bridgehead atoms. The van der Waals surface area contributed by atoms with E-state index in [9.17, 15) is 5.26 Å². The molecule has 118 valence electrons. The predicted molar refractivity (Wildman–Crippen MR) is 96.3 cm³/mol. The first kappa shape index (κ1) is 14.6. The lowest BCUT2D eigenvalue weighted by Crippen LogP contribution is -2.22. The summed E-state index contributed by atoms with van der Waals surface area (Å²) in [6.07, 6.45) is 4.09. The Labute approximate surface area is 140 Å². The van der Waals surface area contributed by atoms with Crippen LogP contribution in [-0.2, 0) is 13.1 Å². The van der Waals surface area contributed by atoms with Crippen molar-refractivity contribution in [1.29, 1.82) is 5.26 Å². The molecule has 0 atom stereocenters. The van der Waals surface area contributed by atoms with Gasteiger partial charge in [0.15, 0.2) is 0 Å². The normalized spacial score (nSPS) is 11.3. The van der Waals surface area contributed by atoms with E-state index in [4.69, 9.17) is 0 Å². The van der Waals surface area contributed by atoms with Crippen LogP contribution in [0.2, 0.25) is 0 Å². The smallest absolute Gasteiger partial charge is 0.0871 e. The van der Waals surface area contributed by atoms with Gasteiger partial charge in [-0.05, 0) is 23.3 Å². The Morgan fingerprint density at radius 3 is 1.79 bits per heavy atom. The highest BCUT2D eigenvalue weighted by atomic mass is 15.1. The lowest BCUT2D eigenvalue weighted by atomic mass is 10.1. The molecule has 0 saturated heterocycles. The number of aromatic amines is 2. The van der Waals surface area contributed by atoms with E-state index in [-0.39, 0.29) is 0 Å². The number of fused-ring (bicyclic) bond motifs is 2. The molecule has 0 aliphatic heterocycles. The van der Waals surface area contributed by atoms with Crippen LogP contribution in [0.1, 0.15) is 11.1 Å². The van der Waals surface area contributed by atoms with Crippen LogP contribution in [0, 0.1) is 11.3 Å². The van der Waals surface area contributed by atoms with Crippen LogP contribution in [0.15, 0.2) is 60.9 Å². The molecule has 2 aromatic carbocycles. The predicted octanol–water partition coefficient (Wildman–Crippen LogP) is 4.17. The summed E-state index contributed by atoms with van der Waals surface area (Å²) < 4.78 is 0. The van der Waals surface area contributed by atoms with Gasteiger partial charge in [-0.3, -0.25) is 4.90 Å². The van der Waals surface area contributed by atoms with Crippen LogP contribution in [0.4, 0.5) is 0 Å². The number of hydrogen-bond donors (Lipinski definition) is 2. The zero-order valence-electron chi connectivity index (χ0n) is 13.3. The van der Waals surface area contributed by atoms with Crippen LogP contribution in [-0.4, -0.2) is 21.4 Å². The second-order valence-electron chi connectivity index (χ2n) is 6.02. The number of H-pyrrole nitrogens is 2. The van der Waals surface area contributed by atoms with Gasteiger partial charge >= 0.3 is 0 Å². The Morgan fingerprint density at radius 1 is 0.792 bits per heavy atom. The summed E-state index contributed by atoms with van der Waals surface area (Å²) in [6, 6.07) is 18.9. The fraction of sp³-hybridized carbons (Fsp3) is 0.150. The maximum absolute atomic E-state index is 9.21. The Hall–Kier alpha value is -3.03. The Balaban J connectivity index is 1.62. The topological polar surface area (TPSA) is 58.6 Å². The molecule has 2 aromatic heterocycles. The monoisotopic (exact) mass is 314 g/mol. The minimum Gasteiger partial charge on any atom is -0.361 e. The molecule has 24 heavy (non-hydrogen) atoms. The molecule has 0 saturated carbocycles. The van der Waals surface area contributed by atoms with Crippen molar-refractivity contribution in [3.05, 3.63) is 72.1 Å². The summed E-state index contributed by atoms with van der Waals surface area (Å²) in [4.78, 5) is 8.79. The van der Waals surface area contributed by atoms with Crippen molar-refractivity contribution in [1.82, 2.24) is 14.9 Å². The van der Waals surface area contributed by atoms with Crippen molar-refractivity contribution < 1.29 is 0 Å². The highest BCUT2D eigenvalue weighted by Gasteiger charge is 2.12. The van der Waals surface area contributed by atoms with Gasteiger partial charge in [-0.25, -0.2) is 0 Å². The minimum atomic E-state index is 0.402. The van der Waals surface area contributed by atoms with Gasteiger partial charge in [-0.1, -0.05) is 36.4 Å². The molecule has 0 radical (unpaired) electrons. The third kappa shape index (κ3) is 2.66. The molecule has 4 nitrogen and oxygen atoms in total. The molecular weight excluding hydrogens is 296 g/mol. The number of benzene rings is 2. The van der Waals surface area contributed by atoms with Gasteiger partial charge in [0.25, 0.3) is 0 Å². The number of nitrogens with one attached hydrogen (secondary N) is 2. The molecule has 4 rings (SSSR count). The van der Waals surface area contributed by atoms with Crippen molar-refractivity contribution in [2.45, 2.75) is 13.1 Å². The summed E-state index contributed by atoms with van der Waals surface area (Å²) in [6.45, 7) is 1.90. The third-order valence-electron chi connectivity index (χ3n) is 4.43. The van der Waals surface area contributed by atoms with Gasteiger partial charge in [-0.15, -0.1) is 0 Å². The highest BCUT2D eigenvalue weighted by Crippen LogP contribution is 2.23. The minimum absolute atomic E-state index is 0.402. The van der Waals surface area contributed by atoms with E-state index in [1.165, 1.54) is 21.9 Å². The van der Waals surface area contributed by atoms with Gasteiger partial charge < -0.3 is 9.97 Å². The van der Waals surface area contributed by atoms with Crippen LogP contribution >= 0.6 is 0 Å². The van der Waals surface area contributed by atoms with E-state index in [0.29, 0.717) is 6.54 Å². The number of nitrogens with zero attached hydrogens (tertiary/aromatic N) is 2. The Bertz CT molecular complexity index is 943. The van der Waals surface area contributed by atoms with Crippen molar-refractivity contribution >= 4 is 21.8 Å². The summed E-state index contributed by atoms with van der Waals surface area (Å²) >= 11 is 0. The highest BCUT2D eigenvalue weighted by molar-refractivity contribution is 5.83. The molecule has 2 heterocycles. The number of para-hydroxylation sites is 2. The van der Waals surface area contributed by atoms with Crippen LogP contribution in [0.3, 0.4) is 0 Å². The quantitative estimate of drug-likeness (QED) is 0.543. The molecule has 0 fully saturated rings. The van der Waals surface area contributed by atoms with Gasteiger partial charge in [0.1, 0.15) is 0 Å². The second-order valence-corrected chi connectivity index (χ2v) is 6.02. The van der Waals surface area contributed by atoms with Crippen molar-refractivity contribution in [3.8, 4) is 6.07 Å². The summed E-state index contributed by atoms with van der Waals surface area (Å²) in [5, 5.41) is 11.7. The first-order valence-corrected chi connectivity index (χ1v) is 8.04. The van der Waals surface area contributed by atoms with Crippen molar-refractivity contribution in [2.24, 2.45) is 0 Å². The fourth-order valence-electron chi connectivity index (χ4n) is 3.27. The standard InChI is InChI=1S/C20H18N4/c21-9-10-24(13-15-11-22-19-7-3-1-5-17(15)19)14-16-12-23-20-8-4-2-6-18(16)20/h1-8,11-12,22-23H,10,13-14H2. The first-order valence-electron chi connectivity index (χ1n) is 8.04. The number of nitriles is 1. The van der Waals surface area contributed by atoms with E-state index in [1.54, 1.807) is 0 Å². The van der Waals surface area contributed by atoms with Crippen molar-refractivity contribution in [3.63, 3.8) is 0 Å². The summed E-state index contributed by atoms with van der Waals surface area (Å²) in [7, 11) is 0. The van der Waals surface area contributed by atoms with Crippen LogP contribution in [0.25, 0.3) is 21.8 Å². The second kappa shape index (κ2) is 6.23. The molecule has 0 spiro atoms. The van der Waals surface area contributed by atoms with E-state index in [1.807, 2.05) is 36.7 Å². The number of hydrogen-bond acceptors (Lipinski definition) is 2. The maximum atomic E-state index is 9.21. The van der Waals surface area contributed by atoms with Gasteiger partial charge in [0.05, 0.1) is 12.6 Å². The number of rotatable bonds is 5. The summed E-state index contributed by atoms with van der Waals surface area (Å²) in [5.41, 5.74) is 4.72. The Kier molecular flexibility index (Phi) is 3.78. The molecule has 0 amide bonds. The van der Waals surface area contributed by atoms with E-state index >= 15 is 0 Å². The zero-order valence-corrected chi connectivity index (χ0v) is 13.3. The average Bonchev–Trinajstić information content (AvgIpc) is 3.20. The molecule has 0 unspecified atom stereocenters. The summed E-state index contributed by atoms with van der Waals surface area (Å²) in [5.74, 6) is 0. The molecular formula is C20H18N4. The molecule has 4 heteroatoms.